The summed E-state index contributed by atoms with van der Waals surface area (Å²) in [7, 11) is -3.97. The van der Waals surface area contributed by atoms with Crippen molar-refractivity contribution in [2.24, 2.45) is 5.92 Å². The molecule has 20 heavy (non-hydrogen) atoms. The van der Waals surface area contributed by atoms with E-state index in [1.807, 2.05) is 0 Å². The molecule has 1 aromatic rings. The van der Waals surface area contributed by atoms with Crippen LogP contribution in [0.1, 0.15) is 24.2 Å². The van der Waals surface area contributed by atoms with Crippen molar-refractivity contribution >= 4 is 16.0 Å². The number of aliphatic hydroxyl groups excluding tert-OH is 1. The molecule has 0 aliphatic heterocycles. The van der Waals surface area contributed by atoms with E-state index in [-0.39, 0.29) is 17.4 Å². The zero-order valence-corrected chi connectivity index (χ0v) is 11.9. The first-order valence-corrected chi connectivity index (χ1v) is 7.37. The van der Waals surface area contributed by atoms with Gasteiger partial charge in [0.1, 0.15) is 11.3 Å². The molecule has 7 nitrogen and oxygen atoms in total. The molecule has 1 atom stereocenters. The smallest absolute Gasteiger partial charge is 0.339 e. The lowest BCUT2D eigenvalue weighted by Crippen LogP contribution is -2.41. The van der Waals surface area contributed by atoms with Gasteiger partial charge in [-0.15, -0.1) is 0 Å². The summed E-state index contributed by atoms with van der Waals surface area (Å²) in [6.07, 6.45) is 0. The zero-order chi connectivity index (χ0) is 15.5. The van der Waals surface area contributed by atoms with Gasteiger partial charge in [-0.1, -0.05) is 13.8 Å². The molecule has 8 heteroatoms. The summed E-state index contributed by atoms with van der Waals surface area (Å²) < 4.78 is 26.5. The molecule has 0 bridgehead atoms. The molecule has 0 aliphatic rings. The van der Waals surface area contributed by atoms with E-state index >= 15 is 0 Å². The van der Waals surface area contributed by atoms with E-state index in [0.29, 0.717) is 0 Å². The minimum Gasteiger partial charge on any atom is -0.507 e. The Labute approximate surface area is 116 Å². The summed E-state index contributed by atoms with van der Waals surface area (Å²) in [6, 6.07) is 2.29. The van der Waals surface area contributed by atoms with E-state index in [0.717, 1.165) is 18.2 Å². The number of aromatic carboxylic acids is 1. The lowest BCUT2D eigenvalue weighted by atomic mass is 10.1. The predicted octanol–water partition coefficient (Wildman–Crippen LogP) is 0.386. The summed E-state index contributed by atoms with van der Waals surface area (Å²) in [6.45, 7) is 3.10. The van der Waals surface area contributed by atoms with Gasteiger partial charge in [-0.3, -0.25) is 0 Å². The normalized spacial score (nSPS) is 13.4. The van der Waals surface area contributed by atoms with Crippen LogP contribution in [-0.4, -0.2) is 42.4 Å². The Morgan fingerprint density at radius 1 is 1.35 bits per heavy atom. The fraction of sp³-hybridized carbons (Fsp3) is 0.417. The van der Waals surface area contributed by atoms with Crippen LogP contribution in [0.5, 0.6) is 5.75 Å². The van der Waals surface area contributed by atoms with Gasteiger partial charge in [0.25, 0.3) is 0 Å². The number of nitrogens with one attached hydrogen (secondary N) is 1. The monoisotopic (exact) mass is 303 g/mol. The van der Waals surface area contributed by atoms with Gasteiger partial charge in [-0.05, 0) is 24.1 Å². The summed E-state index contributed by atoms with van der Waals surface area (Å²) in [4.78, 5) is 10.6. The molecular weight excluding hydrogens is 286 g/mol. The Morgan fingerprint density at radius 3 is 2.40 bits per heavy atom. The van der Waals surface area contributed by atoms with Crippen molar-refractivity contribution in [3.05, 3.63) is 23.8 Å². The maximum atomic E-state index is 12.1. The number of carboxylic acid groups (broad SMARTS) is 1. The third-order valence-corrected chi connectivity index (χ3v) is 4.30. The molecule has 0 amide bonds. The lowest BCUT2D eigenvalue weighted by molar-refractivity contribution is 0.0693. The third kappa shape index (κ3) is 3.69. The molecule has 0 heterocycles. The number of carboxylic acids is 1. The summed E-state index contributed by atoms with van der Waals surface area (Å²) in [5, 5.41) is 27.3. The van der Waals surface area contributed by atoms with E-state index in [1.54, 1.807) is 13.8 Å². The number of hydrogen-bond acceptors (Lipinski definition) is 5. The van der Waals surface area contributed by atoms with Gasteiger partial charge in [0.15, 0.2) is 0 Å². The first-order valence-electron chi connectivity index (χ1n) is 5.88. The maximum absolute atomic E-state index is 12.1. The number of benzene rings is 1. The zero-order valence-electron chi connectivity index (χ0n) is 11.1. The van der Waals surface area contributed by atoms with Crippen molar-refractivity contribution in [2.75, 3.05) is 6.61 Å². The Kier molecular flexibility index (Phi) is 5.09. The minimum absolute atomic E-state index is 0.133. The maximum Gasteiger partial charge on any atom is 0.339 e. The second-order valence-electron chi connectivity index (χ2n) is 4.64. The summed E-state index contributed by atoms with van der Waals surface area (Å²) in [5.41, 5.74) is -0.502. The number of aromatic hydroxyl groups is 1. The van der Waals surface area contributed by atoms with Crippen LogP contribution < -0.4 is 4.72 Å². The highest BCUT2D eigenvalue weighted by Crippen LogP contribution is 2.21. The van der Waals surface area contributed by atoms with Gasteiger partial charge < -0.3 is 15.3 Å². The van der Waals surface area contributed by atoms with Gasteiger partial charge in [-0.2, -0.15) is 0 Å². The fourth-order valence-electron chi connectivity index (χ4n) is 1.51. The quantitative estimate of drug-likeness (QED) is 0.602. The van der Waals surface area contributed by atoms with Gasteiger partial charge in [0.05, 0.1) is 11.5 Å². The molecule has 1 aromatic carbocycles. The first-order chi connectivity index (χ1) is 9.19. The largest absolute Gasteiger partial charge is 0.507 e. The van der Waals surface area contributed by atoms with Crippen LogP contribution >= 0.6 is 0 Å². The van der Waals surface area contributed by atoms with Crippen molar-refractivity contribution in [3.63, 3.8) is 0 Å². The van der Waals surface area contributed by atoms with Gasteiger partial charge in [0, 0.05) is 6.04 Å². The van der Waals surface area contributed by atoms with Crippen LogP contribution in [-0.2, 0) is 10.0 Å². The van der Waals surface area contributed by atoms with E-state index in [1.165, 1.54) is 0 Å². The van der Waals surface area contributed by atoms with E-state index in [4.69, 9.17) is 10.2 Å². The average molecular weight is 303 g/mol. The van der Waals surface area contributed by atoms with Crippen molar-refractivity contribution in [1.82, 2.24) is 4.72 Å². The first kappa shape index (κ1) is 16.4. The standard InChI is InChI=1S/C12H17NO6S/c1-7(2)10(6-14)13-20(18,19)8-3-4-11(15)9(5-8)12(16)17/h3-5,7,10,13-15H,6H2,1-2H3,(H,16,17). The molecule has 0 fully saturated rings. The second kappa shape index (κ2) is 6.21. The lowest BCUT2D eigenvalue weighted by Gasteiger charge is -2.20. The van der Waals surface area contributed by atoms with Gasteiger partial charge >= 0.3 is 5.97 Å². The van der Waals surface area contributed by atoms with E-state index < -0.39 is 33.3 Å². The molecule has 112 valence electrons. The summed E-state index contributed by atoms with van der Waals surface area (Å²) >= 11 is 0. The van der Waals surface area contributed by atoms with Crippen LogP contribution in [0.3, 0.4) is 0 Å². The molecule has 0 saturated carbocycles. The molecule has 4 N–H and O–H groups in total. The second-order valence-corrected chi connectivity index (χ2v) is 6.35. The van der Waals surface area contributed by atoms with Crippen LogP contribution in [0.4, 0.5) is 0 Å². The summed E-state index contributed by atoms with van der Waals surface area (Å²) in [5.74, 6) is -2.08. The number of rotatable bonds is 6. The number of carbonyl (C=O) groups is 1. The third-order valence-electron chi connectivity index (χ3n) is 2.82. The van der Waals surface area contributed by atoms with Crippen LogP contribution in [0.15, 0.2) is 23.1 Å². The number of aliphatic hydroxyl groups is 1. The molecule has 0 radical (unpaired) electrons. The number of phenols is 1. The Morgan fingerprint density at radius 2 is 1.95 bits per heavy atom. The molecule has 0 spiro atoms. The van der Waals surface area contributed by atoms with Crippen LogP contribution in [0.25, 0.3) is 0 Å². The van der Waals surface area contributed by atoms with Crippen molar-refractivity contribution in [3.8, 4) is 5.75 Å². The molecule has 0 saturated heterocycles. The molecular formula is C12H17NO6S. The number of hydrogen-bond donors (Lipinski definition) is 4. The van der Waals surface area contributed by atoms with Crippen LogP contribution in [0, 0.1) is 5.92 Å². The van der Waals surface area contributed by atoms with Crippen molar-refractivity contribution in [2.45, 2.75) is 24.8 Å². The fourth-order valence-corrected chi connectivity index (χ4v) is 2.91. The minimum atomic E-state index is -3.97. The highest BCUT2D eigenvalue weighted by atomic mass is 32.2. The Hall–Kier alpha value is -1.64. The van der Waals surface area contributed by atoms with E-state index in [9.17, 15) is 18.3 Å². The topological polar surface area (TPSA) is 124 Å². The Balaban J connectivity index is 3.16. The molecule has 0 aliphatic carbocycles. The van der Waals surface area contributed by atoms with E-state index in [2.05, 4.69) is 4.72 Å². The molecule has 1 rings (SSSR count). The highest BCUT2D eigenvalue weighted by Gasteiger charge is 2.23. The SMILES string of the molecule is CC(C)C(CO)NS(=O)(=O)c1ccc(O)c(C(=O)O)c1. The molecule has 0 aromatic heterocycles. The predicted molar refractivity (Wildman–Crippen MR) is 71.1 cm³/mol. The molecule has 1 unspecified atom stereocenters. The number of sulfonamides is 1. The average Bonchev–Trinajstić information content (AvgIpc) is 2.35. The van der Waals surface area contributed by atoms with Crippen molar-refractivity contribution in [1.29, 1.82) is 0 Å². The van der Waals surface area contributed by atoms with Gasteiger partial charge in [0.2, 0.25) is 10.0 Å². The highest BCUT2D eigenvalue weighted by molar-refractivity contribution is 7.89. The van der Waals surface area contributed by atoms with Crippen LogP contribution in [0.2, 0.25) is 0 Å². The Bertz CT molecular complexity index is 596. The van der Waals surface area contributed by atoms with Crippen molar-refractivity contribution < 1.29 is 28.5 Å². The van der Waals surface area contributed by atoms with Gasteiger partial charge in [-0.25, -0.2) is 17.9 Å².